The second-order valence-electron chi connectivity index (χ2n) is 19.3. The predicted octanol–water partition coefficient (Wildman–Crippen LogP) is 4.38. The molecule has 0 aliphatic heterocycles. The van der Waals surface area contributed by atoms with Crippen LogP contribution in [-0.4, -0.2) is 177 Å². The van der Waals surface area contributed by atoms with Crippen LogP contribution in [-0.2, 0) is 38.4 Å². The van der Waals surface area contributed by atoms with E-state index in [1.165, 1.54) is 24.8 Å². The van der Waals surface area contributed by atoms with Crippen molar-refractivity contribution in [2.45, 2.75) is 129 Å². The monoisotopic (exact) mass is 1220 g/mol. The molecule has 0 heterocycles. The molecule has 2 rings (SSSR count). The maximum absolute atomic E-state index is 13.7. The summed E-state index contributed by atoms with van der Waals surface area (Å²) in [5.41, 5.74) is 1.58. The highest BCUT2D eigenvalue weighted by Crippen LogP contribution is 2.17. The van der Waals surface area contributed by atoms with E-state index in [9.17, 15) is 58.8 Å². The minimum atomic E-state index is -0.965. The molecule has 0 fully saturated rings. The summed E-state index contributed by atoms with van der Waals surface area (Å²) >= 11 is 11.5. The zero-order valence-electron chi connectivity index (χ0n) is 48.0. The van der Waals surface area contributed by atoms with Crippen LogP contribution in [0, 0.1) is 5.92 Å². The van der Waals surface area contributed by atoms with Crippen molar-refractivity contribution in [2.75, 3.05) is 76.3 Å². The van der Waals surface area contributed by atoms with Crippen molar-refractivity contribution in [3.63, 3.8) is 0 Å². The lowest BCUT2D eigenvalue weighted by Crippen LogP contribution is -2.56. The van der Waals surface area contributed by atoms with Crippen molar-refractivity contribution in [3.05, 3.63) is 54.1 Å². The second-order valence-corrected chi connectivity index (χ2v) is 20.9. The third-order valence-corrected chi connectivity index (χ3v) is 13.7. The number of amides is 9. The van der Waals surface area contributed by atoms with Gasteiger partial charge >= 0.3 is 0 Å². The maximum atomic E-state index is 13.7. The Balaban J connectivity index is 1.63. The number of isothiocyanates is 1. The van der Waals surface area contributed by atoms with Gasteiger partial charge in [0.25, 0.3) is 11.8 Å². The van der Waals surface area contributed by atoms with Gasteiger partial charge in [0.15, 0.2) is 11.7 Å². The molecule has 0 radical (unpaired) electrons. The molecule has 0 aliphatic carbocycles. The molecule has 0 spiro atoms. The molecule has 9 amide bonds. The van der Waals surface area contributed by atoms with Crippen LogP contribution in [0.25, 0.3) is 0 Å². The van der Waals surface area contributed by atoms with Gasteiger partial charge in [0.05, 0.1) is 10.8 Å². The lowest BCUT2D eigenvalue weighted by atomic mass is 9.97. The van der Waals surface area contributed by atoms with Crippen LogP contribution in [0.4, 0.5) is 11.4 Å². The lowest BCUT2D eigenvalue weighted by molar-refractivity contribution is -0.166. The number of thioether (sulfide) groups is 1. The molecule has 2 aromatic carbocycles. The number of anilines is 1. The van der Waals surface area contributed by atoms with Crippen LogP contribution >= 0.6 is 36.2 Å². The normalized spacial score (nSPS) is 11.7. The fourth-order valence-corrected chi connectivity index (χ4v) is 8.40. The van der Waals surface area contributed by atoms with E-state index in [1.807, 2.05) is 20.1 Å². The molecule has 0 unspecified atom stereocenters. The first-order valence-corrected chi connectivity index (χ1v) is 30.1. The van der Waals surface area contributed by atoms with Crippen LogP contribution in [0.5, 0.6) is 5.75 Å². The van der Waals surface area contributed by atoms with Crippen LogP contribution in [0.1, 0.15) is 127 Å². The zero-order chi connectivity index (χ0) is 61.4. The molecule has 0 saturated heterocycles. The number of unbranched alkanes of at least 4 members (excludes halogenated alkanes) is 6. The highest BCUT2D eigenvalue weighted by molar-refractivity contribution is 7.98. The fourth-order valence-electron chi connectivity index (χ4n) is 7.60. The van der Waals surface area contributed by atoms with Crippen molar-refractivity contribution in [2.24, 2.45) is 10.9 Å². The van der Waals surface area contributed by atoms with Gasteiger partial charge in [-0.15, -0.1) is 0 Å². The first kappa shape index (κ1) is 72.3. The number of nitrogens with zero attached hydrogens (tertiary/aromatic N) is 4. The third kappa shape index (κ3) is 32.6. The van der Waals surface area contributed by atoms with Gasteiger partial charge in [0, 0.05) is 96.2 Å². The molecule has 460 valence electrons. The van der Waals surface area contributed by atoms with Crippen LogP contribution in [0.3, 0.4) is 0 Å². The van der Waals surface area contributed by atoms with E-state index < -0.39 is 47.5 Å². The molecule has 0 aromatic heterocycles. The number of hydrogen-bond donors (Lipinski definition) is 11. The number of ether oxygens (including phenoxy) is 1. The molecular weight excluding hydrogens is 1130 g/mol. The molecule has 0 aliphatic rings. The number of hydroxylamine groups is 6. The van der Waals surface area contributed by atoms with E-state index in [2.05, 4.69) is 64.9 Å². The Morgan fingerprint density at radius 2 is 1.20 bits per heavy atom. The van der Waals surface area contributed by atoms with Gasteiger partial charge in [0.1, 0.15) is 17.8 Å². The Morgan fingerprint density at radius 3 is 1.73 bits per heavy atom. The minimum absolute atomic E-state index is 0.0348. The average molecular weight is 1220 g/mol. The standard InChI is InChI=1S/C55H84N12O13S3/c1-5-39(2)51(54(76)59-30-31-60-55(82)62-43-20-18-42(19-21-43)61-38-81)64-53(75)45(26-35-83-4)63-52(74)41-16-15-17-44(36-41)80-37-48(71)58-29-11-8-14-34-67(79)50(73)25-23-47(70)57-28-10-7-13-33-66(78)49(72)24-22-46(69)56-27-9-6-12-32-65(77)40(3)68/h15-21,36,39,45,51,77-79H,5-14,22-35,37H2,1-4H3,(H,56,69)(H,57,70)(H,58,71)(H,59,76)(H,63,74)(H,64,75)(H2,60,62,82)/t39-,45-,51-/m0/s1. The summed E-state index contributed by atoms with van der Waals surface area (Å²) < 4.78 is 5.66. The number of benzene rings is 2. The zero-order valence-corrected chi connectivity index (χ0v) is 50.4. The van der Waals surface area contributed by atoms with Gasteiger partial charge in [-0.1, -0.05) is 26.3 Å². The second kappa shape index (κ2) is 42.9. The van der Waals surface area contributed by atoms with E-state index in [0.29, 0.717) is 129 Å². The molecule has 28 heteroatoms. The summed E-state index contributed by atoms with van der Waals surface area (Å²) in [6.07, 6.45) is 7.25. The Labute approximate surface area is 500 Å². The van der Waals surface area contributed by atoms with Crippen molar-refractivity contribution >= 4 is 111 Å². The Morgan fingerprint density at radius 1 is 0.663 bits per heavy atom. The first-order chi connectivity index (χ1) is 39.8. The number of thiocarbonyl (C=S) groups is 2. The average Bonchev–Trinajstić information content (AvgIpc) is 3.59. The molecule has 25 nitrogen and oxygen atoms in total. The summed E-state index contributed by atoms with van der Waals surface area (Å²) in [6.45, 7) is 6.51. The number of nitrogens with one attached hydrogen (secondary N) is 8. The minimum Gasteiger partial charge on any atom is -0.484 e. The smallest absolute Gasteiger partial charge is 0.257 e. The molecule has 0 saturated carbocycles. The van der Waals surface area contributed by atoms with Gasteiger partial charge in [-0.3, -0.25) is 58.8 Å². The van der Waals surface area contributed by atoms with Crippen LogP contribution in [0.2, 0.25) is 0 Å². The summed E-state index contributed by atoms with van der Waals surface area (Å²) in [5, 5.41) is 56.7. The van der Waals surface area contributed by atoms with Gasteiger partial charge in [-0.2, -0.15) is 16.8 Å². The number of aliphatic imine (C=N–C) groups is 1. The predicted molar refractivity (Wildman–Crippen MR) is 321 cm³/mol. The fraction of sp³-hybridized carbons (Fsp3) is 0.582. The molecular formula is C55H84N12O13S3. The topological polar surface area (TPSA) is 342 Å². The summed E-state index contributed by atoms with van der Waals surface area (Å²) in [6, 6.07) is 11.4. The molecule has 11 N–H and O–H groups in total. The highest BCUT2D eigenvalue weighted by Gasteiger charge is 2.30. The van der Waals surface area contributed by atoms with E-state index in [-0.39, 0.29) is 93.4 Å². The van der Waals surface area contributed by atoms with Crippen molar-refractivity contribution in [3.8, 4) is 5.75 Å². The third-order valence-electron chi connectivity index (χ3n) is 12.7. The van der Waals surface area contributed by atoms with Crippen LogP contribution in [0.15, 0.2) is 53.5 Å². The number of carbonyl (C=O) groups excluding carboxylic acids is 9. The van der Waals surface area contributed by atoms with E-state index in [4.69, 9.17) is 17.0 Å². The largest absolute Gasteiger partial charge is 0.484 e. The van der Waals surface area contributed by atoms with Crippen molar-refractivity contribution < 1.29 is 63.5 Å². The summed E-state index contributed by atoms with van der Waals surface area (Å²) in [4.78, 5) is 117. The summed E-state index contributed by atoms with van der Waals surface area (Å²) in [7, 11) is 0. The number of carbonyl (C=O) groups is 9. The maximum Gasteiger partial charge on any atom is 0.257 e. The number of hydrogen-bond acceptors (Lipinski definition) is 17. The van der Waals surface area contributed by atoms with Crippen LogP contribution < -0.4 is 47.3 Å². The molecule has 3 atom stereocenters. The van der Waals surface area contributed by atoms with Crippen molar-refractivity contribution in [1.29, 1.82) is 0 Å². The van der Waals surface area contributed by atoms with E-state index in [0.717, 1.165) is 5.69 Å². The van der Waals surface area contributed by atoms with E-state index in [1.54, 1.807) is 42.5 Å². The van der Waals surface area contributed by atoms with Gasteiger partial charge < -0.3 is 47.3 Å². The first-order valence-electron chi connectivity index (χ1n) is 27.9. The van der Waals surface area contributed by atoms with E-state index >= 15 is 0 Å². The molecule has 0 bridgehead atoms. The highest BCUT2D eigenvalue weighted by atomic mass is 32.2. The van der Waals surface area contributed by atoms with Gasteiger partial charge in [-0.05, 0) is 149 Å². The Kier molecular flexibility index (Phi) is 37.4. The summed E-state index contributed by atoms with van der Waals surface area (Å²) in [5.74, 6) is -3.63. The van der Waals surface area contributed by atoms with Gasteiger partial charge in [-0.25, -0.2) is 15.2 Å². The molecule has 2 aromatic rings. The number of rotatable bonds is 42. The van der Waals surface area contributed by atoms with Gasteiger partial charge in [0.2, 0.25) is 41.4 Å². The quantitative estimate of drug-likeness (QED) is 0.0144. The lowest BCUT2D eigenvalue weighted by Gasteiger charge is -2.26. The molecule has 83 heavy (non-hydrogen) atoms. The Hall–Kier alpha value is -6.81. The Bertz CT molecular complexity index is 2440. The SMILES string of the molecule is CC[C@H](C)[C@H](NC(=O)[C@H](CCSC)NC(=O)c1cccc(OCC(=O)NCCCCCN(O)C(=O)CCC(=O)NCCCCCN(O)C(=O)CCC(=O)NCCCCCN(O)C(C)=O)c1)C(=O)NCCNC(=S)Nc1ccc(N=C=S)cc1. The van der Waals surface area contributed by atoms with Crippen molar-refractivity contribution in [1.82, 2.24) is 52.4 Å².